The van der Waals surface area contributed by atoms with Crippen molar-refractivity contribution in [3.05, 3.63) is 29.3 Å². The van der Waals surface area contributed by atoms with E-state index in [1.165, 1.54) is 0 Å². The number of hydrogen-bond donors (Lipinski definition) is 1. The van der Waals surface area contributed by atoms with Gasteiger partial charge in [0.15, 0.2) is 6.61 Å². The van der Waals surface area contributed by atoms with Crippen LogP contribution in [0.25, 0.3) is 0 Å². The summed E-state index contributed by atoms with van der Waals surface area (Å²) >= 11 is 0. The lowest BCUT2D eigenvalue weighted by Crippen LogP contribution is -2.49. The zero-order valence-corrected chi connectivity index (χ0v) is 15.6. The second kappa shape index (κ2) is 8.34. The number of aryl methyl sites for hydroxylation is 1. The van der Waals surface area contributed by atoms with Gasteiger partial charge in [0.05, 0.1) is 0 Å². The molecular formula is C19H29N3O3. The number of amides is 2. The number of nitrogens with zero attached hydrogens (tertiary/aromatic N) is 2. The summed E-state index contributed by atoms with van der Waals surface area (Å²) in [6.07, 6.45) is 0.505. The monoisotopic (exact) mass is 347 g/mol. The Bertz CT molecular complexity index is 628. The number of nitrogens with two attached hydrogens (primary N) is 1. The highest BCUT2D eigenvalue weighted by Crippen LogP contribution is 2.22. The second-order valence-corrected chi connectivity index (χ2v) is 6.55. The molecule has 1 aromatic carbocycles. The van der Waals surface area contributed by atoms with E-state index < -0.39 is 6.04 Å². The van der Waals surface area contributed by atoms with Gasteiger partial charge >= 0.3 is 0 Å². The van der Waals surface area contributed by atoms with Gasteiger partial charge in [-0.05, 0) is 51.3 Å². The van der Waals surface area contributed by atoms with Gasteiger partial charge in [-0.1, -0.05) is 12.1 Å². The van der Waals surface area contributed by atoms with E-state index in [2.05, 4.69) is 0 Å². The van der Waals surface area contributed by atoms with E-state index >= 15 is 0 Å². The second-order valence-electron chi connectivity index (χ2n) is 6.55. The fraction of sp³-hybridized carbons (Fsp3) is 0.579. The zero-order chi connectivity index (χ0) is 18.6. The van der Waals surface area contributed by atoms with E-state index in [0.29, 0.717) is 31.8 Å². The number of likely N-dealkylation sites (N-methyl/N-ethyl adjacent to an activating group) is 1. The standard InChI is InChI=1S/C19H29N3O3/c1-5-21(6-2)19(24)16-10-15(20)11-22(16)18(23)12-25-17-9-7-8-13(3)14(17)4/h7-9,15-16H,5-6,10-12,20H2,1-4H3/t15-,16+/m1/s1. The highest BCUT2D eigenvalue weighted by Gasteiger charge is 2.39. The summed E-state index contributed by atoms with van der Waals surface area (Å²) in [5.41, 5.74) is 8.15. The lowest BCUT2D eigenvalue weighted by molar-refractivity contribution is -0.144. The predicted octanol–water partition coefficient (Wildman–Crippen LogP) is 1.48. The van der Waals surface area contributed by atoms with Crippen molar-refractivity contribution in [3.8, 4) is 5.75 Å². The van der Waals surface area contributed by atoms with Crippen molar-refractivity contribution >= 4 is 11.8 Å². The number of benzene rings is 1. The molecule has 1 heterocycles. The molecular weight excluding hydrogens is 318 g/mol. The maximum Gasteiger partial charge on any atom is 0.261 e. The third-order valence-electron chi connectivity index (χ3n) is 4.92. The summed E-state index contributed by atoms with van der Waals surface area (Å²) in [4.78, 5) is 28.7. The van der Waals surface area contributed by atoms with Crippen molar-refractivity contribution in [2.75, 3.05) is 26.2 Å². The molecule has 0 radical (unpaired) electrons. The Kier molecular flexibility index (Phi) is 6.42. The lowest BCUT2D eigenvalue weighted by atomic mass is 10.1. The number of carbonyl (C=O) groups is 2. The van der Waals surface area contributed by atoms with Crippen molar-refractivity contribution in [1.29, 1.82) is 0 Å². The summed E-state index contributed by atoms with van der Waals surface area (Å²) in [7, 11) is 0. The largest absolute Gasteiger partial charge is 0.483 e. The molecule has 2 rings (SSSR count). The highest BCUT2D eigenvalue weighted by molar-refractivity contribution is 5.89. The molecule has 1 saturated heterocycles. The van der Waals surface area contributed by atoms with E-state index in [1.54, 1.807) is 9.80 Å². The van der Waals surface area contributed by atoms with Gasteiger partial charge in [-0.2, -0.15) is 0 Å². The third-order valence-corrected chi connectivity index (χ3v) is 4.92. The molecule has 6 heteroatoms. The molecule has 2 N–H and O–H groups in total. The van der Waals surface area contributed by atoms with Gasteiger partial charge in [-0.25, -0.2) is 0 Å². The minimum Gasteiger partial charge on any atom is -0.483 e. The van der Waals surface area contributed by atoms with Gasteiger partial charge in [0, 0.05) is 25.7 Å². The molecule has 0 unspecified atom stereocenters. The molecule has 0 spiro atoms. The molecule has 0 saturated carbocycles. The van der Waals surface area contributed by atoms with Crippen LogP contribution in [0, 0.1) is 13.8 Å². The van der Waals surface area contributed by atoms with Gasteiger partial charge in [-0.15, -0.1) is 0 Å². The minimum atomic E-state index is -0.482. The van der Waals surface area contributed by atoms with Gasteiger partial charge in [-0.3, -0.25) is 9.59 Å². The molecule has 1 fully saturated rings. The normalized spacial score (nSPS) is 19.8. The van der Waals surface area contributed by atoms with Crippen LogP contribution in [-0.4, -0.2) is 59.9 Å². The Morgan fingerprint density at radius 3 is 2.60 bits per heavy atom. The SMILES string of the molecule is CCN(CC)C(=O)[C@@H]1C[C@@H](N)CN1C(=O)COc1cccc(C)c1C. The van der Waals surface area contributed by atoms with Crippen molar-refractivity contribution in [3.63, 3.8) is 0 Å². The maximum absolute atomic E-state index is 12.7. The van der Waals surface area contributed by atoms with Crippen molar-refractivity contribution in [2.24, 2.45) is 5.73 Å². The lowest BCUT2D eigenvalue weighted by Gasteiger charge is -2.29. The number of rotatable bonds is 6. The van der Waals surface area contributed by atoms with Crippen LogP contribution in [0.4, 0.5) is 0 Å². The molecule has 0 bridgehead atoms. The summed E-state index contributed by atoms with van der Waals surface area (Å²) in [5.74, 6) is 0.473. The number of ether oxygens (including phenoxy) is 1. The van der Waals surface area contributed by atoms with Gasteiger partial charge in [0.2, 0.25) is 5.91 Å². The average Bonchev–Trinajstić information content (AvgIpc) is 2.99. The third kappa shape index (κ3) is 4.31. The van der Waals surface area contributed by atoms with E-state index in [4.69, 9.17) is 10.5 Å². The molecule has 0 aromatic heterocycles. The topological polar surface area (TPSA) is 75.9 Å². The summed E-state index contributed by atoms with van der Waals surface area (Å²) in [6.45, 7) is 9.41. The molecule has 1 aromatic rings. The van der Waals surface area contributed by atoms with Crippen LogP contribution in [-0.2, 0) is 9.59 Å². The molecule has 6 nitrogen and oxygen atoms in total. The van der Waals surface area contributed by atoms with E-state index in [-0.39, 0.29) is 24.5 Å². The van der Waals surface area contributed by atoms with Crippen LogP contribution in [0.1, 0.15) is 31.4 Å². The molecule has 0 aliphatic carbocycles. The first-order valence-corrected chi connectivity index (χ1v) is 8.91. The van der Waals surface area contributed by atoms with Crippen LogP contribution >= 0.6 is 0 Å². The van der Waals surface area contributed by atoms with Crippen LogP contribution in [0.15, 0.2) is 18.2 Å². The van der Waals surface area contributed by atoms with Gasteiger partial charge < -0.3 is 20.3 Å². The van der Waals surface area contributed by atoms with Crippen molar-refractivity contribution in [1.82, 2.24) is 9.80 Å². The van der Waals surface area contributed by atoms with Crippen LogP contribution < -0.4 is 10.5 Å². The maximum atomic E-state index is 12.7. The smallest absolute Gasteiger partial charge is 0.261 e. The fourth-order valence-corrected chi connectivity index (χ4v) is 3.23. The molecule has 2 atom stereocenters. The van der Waals surface area contributed by atoms with E-state index in [0.717, 1.165) is 11.1 Å². The molecule has 2 amide bonds. The zero-order valence-electron chi connectivity index (χ0n) is 15.6. The van der Waals surface area contributed by atoms with Crippen molar-refractivity contribution in [2.45, 2.75) is 46.2 Å². The fourth-order valence-electron chi connectivity index (χ4n) is 3.23. The highest BCUT2D eigenvalue weighted by atomic mass is 16.5. The Labute approximate surface area is 149 Å². The first-order chi connectivity index (χ1) is 11.9. The van der Waals surface area contributed by atoms with Crippen LogP contribution in [0.5, 0.6) is 5.75 Å². The van der Waals surface area contributed by atoms with E-state index in [9.17, 15) is 9.59 Å². The number of carbonyl (C=O) groups excluding carboxylic acids is 2. The van der Waals surface area contributed by atoms with Crippen LogP contribution in [0.2, 0.25) is 0 Å². The quantitative estimate of drug-likeness (QED) is 0.846. The first kappa shape index (κ1) is 19.2. The predicted molar refractivity (Wildman–Crippen MR) is 97.4 cm³/mol. The average molecular weight is 347 g/mol. The molecule has 1 aliphatic rings. The van der Waals surface area contributed by atoms with Crippen molar-refractivity contribution < 1.29 is 14.3 Å². The van der Waals surface area contributed by atoms with Crippen LogP contribution in [0.3, 0.4) is 0 Å². The first-order valence-electron chi connectivity index (χ1n) is 8.91. The Morgan fingerprint density at radius 1 is 1.28 bits per heavy atom. The molecule has 1 aliphatic heterocycles. The van der Waals surface area contributed by atoms with Gasteiger partial charge in [0.1, 0.15) is 11.8 Å². The van der Waals surface area contributed by atoms with E-state index in [1.807, 2.05) is 45.9 Å². The summed E-state index contributed by atoms with van der Waals surface area (Å²) in [6, 6.07) is 5.10. The molecule has 25 heavy (non-hydrogen) atoms. The number of likely N-dealkylation sites (tertiary alicyclic amines) is 1. The number of hydrogen-bond acceptors (Lipinski definition) is 4. The Balaban J connectivity index is 2.06. The summed E-state index contributed by atoms with van der Waals surface area (Å²) in [5, 5.41) is 0. The Morgan fingerprint density at radius 2 is 1.96 bits per heavy atom. The summed E-state index contributed by atoms with van der Waals surface area (Å²) < 4.78 is 5.71. The molecule has 138 valence electrons. The Hall–Kier alpha value is -2.08. The minimum absolute atomic E-state index is 0.0296. The van der Waals surface area contributed by atoms with Gasteiger partial charge in [0.25, 0.3) is 5.91 Å².